The number of aromatic hydroxyl groups is 1. The van der Waals surface area contributed by atoms with Gasteiger partial charge in [-0.2, -0.15) is 0 Å². The number of benzene rings is 1. The Hall–Kier alpha value is -0.480. The van der Waals surface area contributed by atoms with E-state index < -0.39 is 0 Å². The van der Waals surface area contributed by atoms with Crippen molar-refractivity contribution in [3.05, 3.63) is 27.7 Å². The zero-order chi connectivity index (χ0) is 14.3. The van der Waals surface area contributed by atoms with Crippen molar-refractivity contribution in [2.24, 2.45) is 0 Å². The minimum absolute atomic E-state index is 0.164. The van der Waals surface area contributed by atoms with Crippen LogP contribution in [0.4, 0.5) is 0 Å². The molecule has 3 rings (SSSR count). The lowest BCUT2D eigenvalue weighted by molar-refractivity contribution is 0.0535. The molecule has 2 saturated heterocycles. The van der Waals surface area contributed by atoms with E-state index in [0.29, 0.717) is 28.7 Å². The number of halogens is 2. The van der Waals surface area contributed by atoms with E-state index in [4.69, 9.17) is 23.2 Å². The maximum Gasteiger partial charge on any atom is 0.138 e. The minimum atomic E-state index is 0.164. The van der Waals surface area contributed by atoms with Crippen LogP contribution in [0.1, 0.15) is 25.3 Å². The Labute approximate surface area is 130 Å². The number of nitrogens with zero attached hydrogens (tertiary/aromatic N) is 2. The van der Waals surface area contributed by atoms with Crippen LogP contribution in [-0.4, -0.2) is 46.6 Å². The molecule has 2 aliphatic heterocycles. The van der Waals surface area contributed by atoms with Gasteiger partial charge in [0.1, 0.15) is 5.75 Å². The van der Waals surface area contributed by atoms with E-state index in [2.05, 4.69) is 16.7 Å². The molecule has 1 aromatic carbocycles. The van der Waals surface area contributed by atoms with Crippen LogP contribution < -0.4 is 0 Å². The molecule has 0 aliphatic carbocycles. The highest BCUT2D eigenvalue weighted by Crippen LogP contribution is 2.33. The second-order valence-corrected chi connectivity index (χ2v) is 6.81. The molecule has 2 aliphatic rings. The summed E-state index contributed by atoms with van der Waals surface area (Å²) in [6.07, 6.45) is 2.59. The fraction of sp³-hybridized carbons (Fsp3) is 0.600. The standard InChI is InChI=1S/C15H20Cl2N2O/c1-10-7-18-4-2-3-13(18)9-19(10)8-11-5-12(16)6-14(17)15(11)20/h5-6,10,13,20H,2-4,7-9H2,1H3. The Morgan fingerprint density at radius 3 is 2.90 bits per heavy atom. The van der Waals surface area contributed by atoms with E-state index in [1.165, 1.54) is 19.4 Å². The lowest BCUT2D eigenvalue weighted by Gasteiger charge is -2.42. The van der Waals surface area contributed by atoms with Gasteiger partial charge in [-0.1, -0.05) is 23.2 Å². The van der Waals surface area contributed by atoms with Gasteiger partial charge in [-0.25, -0.2) is 0 Å². The van der Waals surface area contributed by atoms with Gasteiger partial charge in [-0.05, 0) is 38.4 Å². The third-order valence-electron chi connectivity index (χ3n) is 4.55. The van der Waals surface area contributed by atoms with Gasteiger partial charge >= 0.3 is 0 Å². The maximum atomic E-state index is 10.1. The molecular formula is C15H20Cl2N2O. The first-order valence-electron chi connectivity index (χ1n) is 7.19. The first-order valence-corrected chi connectivity index (χ1v) is 7.95. The quantitative estimate of drug-likeness (QED) is 0.906. The number of hydrogen-bond acceptors (Lipinski definition) is 3. The van der Waals surface area contributed by atoms with Gasteiger partial charge in [0, 0.05) is 42.3 Å². The van der Waals surface area contributed by atoms with Crippen LogP contribution in [0, 0.1) is 0 Å². The third-order valence-corrected chi connectivity index (χ3v) is 5.05. The second-order valence-electron chi connectivity index (χ2n) is 5.96. The summed E-state index contributed by atoms with van der Waals surface area (Å²) in [5.74, 6) is 0.164. The van der Waals surface area contributed by atoms with Gasteiger partial charge in [0.05, 0.1) is 5.02 Å². The molecule has 1 aromatic rings. The molecule has 0 saturated carbocycles. The van der Waals surface area contributed by atoms with Crippen LogP contribution in [0.25, 0.3) is 0 Å². The molecule has 0 radical (unpaired) electrons. The van der Waals surface area contributed by atoms with Crippen molar-refractivity contribution in [2.75, 3.05) is 19.6 Å². The zero-order valence-corrected chi connectivity index (χ0v) is 13.2. The molecule has 0 aromatic heterocycles. The van der Waals surface area contributed by atoms with Crippen LogP contribution in [-0.2, 0) is 6.54 Å². The monoisotopic (exact) mass is 314 g/mol. The molecule has 0 bridgehead atoms. The summed E-state index contributed by atoms with van der Waals surface area (Å²) in [6.45, 7) is 6.36. The van der Waals surface area contributed by atoms with E-state index in [1.54, 1.807) is 6.07 Å². The van der Waals surface area contributed by atoms with E-state index in [0.717, 1.165) is 18.7 Å². The number of fused-ring (bicyclic) bond motifs is 1. The summed E-state index contributed by atoms with van der Waals surface area (Å²) in [5.41, 5.74) is 0.820. The summed E-state index contributed by atoms with van der Waals surface area (Å²) < 4.78 is 0. The number of rotatable bonds is 2. The van der Waals surface area contributed by atoms with Crippen molar-refractivity contribution in [1.82, 2.24) is 9.80 Å². The average molecular weight is 315 g/mol. The second kappa shape index (κ2) is 5.72. The normalized spacial score (nSPS) is 27.8. The largest absolute Gasteiger partial charge is 0.506 e. The van der Waals surface area contributed by atoms with Gasteiger partial charge < -0.3 is 5.11 Å². The zero-order valence-electron chi connectivity index (χ0n) is 11.6. The molecule has 0 amide bonds. The number of phenols is 1. The predicted octanol–water partition coefficient (Wildman–Crippen LogP) is 3.37. The summed E-state index contributed by atoms with van der Waals surface area (Å²) in [6, 6.07) is 4.56. The number of hydrogen-bond donors (Lipinski definition) is 1. The molecule has 110 valence electrons. The molecule has 2 unspecified atom stereocenters. The summed E-state index contributed by atoms with van der Waals surface area (Å²) in [7, 11) is 0. The van der Waals surface area contributed by atoms with Crippen molar-refractivity contribution >= 4 is 23.2 Å². The Morgan fingerprint density at radius 2 is 2.10 bits per heavy atom. The Morgan fingerprint density at radius 1 is 1.30 bits per heavy atom. The first kappa shape index (κ1) is 14.5. The molecule has 3 nitrogen and oxygen atoms in total. The molecule has 2 fully saturated rings. The Bertz CT molecular complexity index is 509. The Balaban J connectivity index is 1.77. The summed E-state index contributed by atoms with van der Waals surface area (Å²) in [5, 5.41) is 11.0. The van der Waals surface area contributed by atoms with E-state index in [-0.39, 0.29) is 5.75 Å². The molecular weight excluding hydrogens is 295 g/mol. The van der Waals surface area contributed by atoms with Crippen LogP contribution in [0.15, 0.2) is 12.1 Å². The fourth-order valence-corrected chi connectivity index (χ4v) is 3.96. The molecule has 1 N–H and O–H groups in total. The average Bonchev–Trinajstić information content (AvgIpc) is 2.82. The van der Waals surface area contributed by atoms with E-state index in [1.807, 2.05) is 6.07 Å². The fourth-order valence-electron chi connectivity index (χ4n) is 3.43. The first-order chi connectivity index (χ1) is 9.54. The molecule has 5 heteroatoms. The summed E-state index contributed by atoms with van der Waals surface area (Å²) in [4.78, 5) is 5.01. The van der Waals surface area contributed by atoms with Crippen molar-refractivity contribution < 1.29 is 5.11 Å². The lowest BCUT2D eigenvalue weighted by Crippen LogP contribution is -2.54. The van der Waals surface area contributed by atoms with Crippen LogP contribution in [0.3, 0.4) is 0 Å². The highest BCUT2D eigenvalue weighted by Gasteiger charge is 2.34. The molecule has 20 heavy (non-hydrogen) atoms. The molecule has 0 spiro atoms. The SMILES string of the molecule is CC1CN2CCCC2CN1Cc1cc(Cl)cc(Cl)c1O. The van der Waals surface area contributed by atoms with Gasteiger partial charge in [-0.15, -0.1) is 0 Å². The van der Waals surface area contributed by atoms with Crippen LogP contribution >= 0.6 is 23.2 Å². The topological polar surface area (TPSA) is 26.7 Å². The van der Waals surface area contributed by atoms with Gasteiger partial charge in [0.25, 0.3) is 0 Å². The van der Waals surface area contributed by atoms with Crippen molar-refractivity contribution in [3.63, 3.8) is 0 Å². The van der Waals surface area contributed by atoms with Crippen molar-refractivity contribution in [3.8, 4) is 5.75 Å². The van der Waals surface area contributed by atoms with Crippen LogP contribution in [0.2, 0.25) is 10.0 Å². The van der Waals surface area contributed by atoms with E-state index in [9.17, 15) is 5.11 Å². The highest BCUT2D eigenvalue weighted by atomic mass is 35.5. The number of phenolic OH excluding ortho intramolecular Hbond substituents is 1. The predicted molar refractivity (Wildman–Crippen MR) is 82.6 cm³/mol. The molecule has 2 atom stereocenters. The smallest absolute Gasteiger partial charge is 0.138 e. The maximum absolute atomic E-state index is 10.1. The minimum Gasteiger partial charge on any atom is -0.506 e. The molecule has 2 heterocycles. The van der Waals surface area contributed by atoms with Gasteiger partial charge in [0.2, 0.25) is 0 Å². The van der Waals surface area contributed by atoms with E-state index >= 15 is 0 Å². The Kier molecular flexibility index (Phi) is 4.14. The van der Waals surface area contributed by atoms with Crippen molar-refractivity contribution in [1.29, 1.82) is 0 Å². The van der Waals surface area contributed by atoms with Gasteiger partial charge in [-0.3, -0.25) is 9.80 Å². The van der Waals surface area contributed by atoms with Crippen molar-refractivity contribution in [2.45, 2.75) is 38.4 Å². The third kappa shape index (κ3) is 2.77. The summed E-state index contributed by atoms with van der Waals surface area (Å²) >= 11 is 12.0. The highest BCUT2D eigenvalue weighted by molar-refractivity contribution is 6.35. The lowest BCUT2D eigenvalue weighted by atomic mass is 10.1. The van der Waals surface area contributed by atoms with Crippen LogP contribution in [0.5, 0.6) is 5.75 Å². The number of piperazine rings is 1. The van der Waals surface area contributed by atoms with Gasteiger partial charge in [0.15, 0.2) is 0 Å².